The molecule has 0 spiro atoms. The van der Waals surface area contributed by atoms with Crippen LogP contribution in [0.2, 0.25) is 0 Å². The Morgan fingerprint density at radius 2 is 2.15 bits per heavy atom. The van der Waals surface area contributed by atoms with Gasteiger partial charge in [-0.1, -0.05) is 19.1 Å². The first-order chi connectivity index (χ1) is 12.6. The minimum Gasteiger partial charge on any atom is -0.346 e. The highest BCUT2D eigenvalue weighted by Crippen LogP contribution is 2.15. The first-order valence-electron chi connectivity index (χ1n) is 8.89. The summed E-state index contributed by atoms with van der Waals surface area (Å²) in [5.41, 5.74) is 0.978. The van der Waals surface area contributed by atoms with Crippen LogP contribution in [0.25, 0.3) is 10.9 Å². The molecule has 0 radical (unpaired) electrons. The molecule has 1 aliphatic heterocycles. The standard InChI is InChI=1S/C19H21N5O2/c1-3-17-21-18-9-8-12(11-24(18)22-17)20-19(26)15-10-16(25)13-6-4-5-7-14(13)23(15)2/h4-7,10,12H,3,8-9,11H2,1-2H3,(H,20,26). The number of carbonyl (C=O) groups excluding carboxylic acids is 1. The maximum Gasteiger partial charge on any atom is 0.268 e. The summed E-state index contributed by atoms with van der Waals surface area (Å²) >= 11 is 0. The van der Waals surface area contributed by atoms with Crippen LogP contribution < -0.4 is 10.7 Å². The lowest BCUT2D eigenvalue weighted by atomic mass is 10.1. The van der Waals surface area contributed by atoms with Crippen molar-refractivity contribution < 1.29 is 4.79 Å². The molecule has 3 heterocycles. The lowest BCUT2D eigenvalue weighted by Gasteiger charge is -2.24. The number of carbonyl (C=O) groups is 1. The molecule has 2 aromatic heterocycles. The molecule has 1 aliphatic rings. The Hall–Kier alpha value is -2.96. The van der Waals surface area contributed by atoms with Crippen molar-refractivity contribution in [2.45, 2.75) is 38.8 Å². The smallest absolute Gasteiger partial charge is 0.268 e. The second-order valence-corrected chi connectivity index (χ2v) is 6.66. The normalized spacial score (nSPS) is 16.5. The van der Waals surface area contributed by atoms with E-state index in [-0.39, 0.29) is 17.4 Å². The van der Waals surface area contributed by atoms with E-state index >= 15 is 0 Å². The van der Waals surface area contributed by atoms with Gasteiger partial charge in [0.05, 0.1) is 12.1 Å². The lowest BCUT2D eigenvalue weighted by molar-refractivity contribution is 0.0917. The Labute approximate surface area is 150 Å². The minimum absolute atomic E-state index is 0.0250. The Morgan fingerprint density at radius 3 is 2.96 bits per heavy atom. The summed E-state index contributed by atoms with van der Waals surface area (Å²) in [6, 6.07) is 8.70. The van der Waals surface area contributed by atoms with Crippen LogP contribution in [0, 0.1) is 0 Å². The molecule has 0 saturated carbocycles. The number of nitrogens with one attached hydrogen (secondary N) is 1. The molecule has 1 aromatic carbocycles. The summed E-state index contributed by atoms with van der Waals surface area (Å²) in [5, 5.41) is 8.13. The van der Waals surface area contributed by atoms with Gasteiger partial charge in [0, 0.05) is 37.4 Å². The fourth-order valence-electron chi connectivity index (χ4n) is 3.51. The Bertz CT molecular complexity index is 1050. The molecule has 0 fully saturated rings. The maximum atomic E-state index is 12.8. The Kier molecular flexibility index (Phi) is 4.06. The molecule has 4 rings (SSSR count). The third kappa shape index (κ3) is 2.79. The fourth-order valence-corrected chi connectivity index (χ4v) is 3.51. The molecule has 0 bridgehead atoms. The second-order valence-electron chi connectivity index (χ2n) is 6.66. The van der Waals surface area contributed by atoms with Gasteiger partial charge in [-0.3, -0.25) is 9.59 Å². The Balaban J connectivity index is 1.58. The number of rotatable bonds is 3. The van der Waals surface area contributed by atoms with Crippen LogP contribution in [0.5, 0.6) is 0 Å². The van der Waals surface area contributed by atoms with E-state index in [0.29, 0.717) is 17.6 Å². The molecule has 1 N–H and O–H groups in total. The van der Waals surface area contributed by atoms with Crippen LogP contribution in [0.1, 0.15) is 35.5 Å². The number of hydrogen-bond acceptors (Lipinski definition) is 4. The zero-order valence-electron chi connectivity index (χ0n) is 14.9. The van der Waals surface area contributed by atoms with Crippen molar-refractivity contribution in [3.63, 3.8) is 0 Å². The molecular weight excluding hydrogens is 330 g/mol. The molecule has 1 unspecified atom stereocenters. The minimum atomic E-state index is -0.236. The Morgan fingerprint density at radius 1 is 1.35 bits per heavy atom. The van der Waals surface area contributed by atoms with Gasteiger partial charge in [-0.15, -0.1) is 0 Å². The van der Waals surface area contributed by atoms with Crippen LogP contribution in [-0.2, 0) is 26.4 Å². The van der Waals surface area contributed by atoms with Crippen LogP contribution in [-0.4, -0.2) is 31.3 Å². The number of pyridine rings is 1. The van der Waals surface area contributed by atoms with Crippen molar-refractivity contribution >= 4 is 16.8 Å². The van der Waals surface area contributed by atoms with E-state index in [2.05, 4.69) is 15.4 Å². The van der Waals surface area contributed by atoms with Gasteiger partial charge in [-0.25, -0.2) is 9.67 Å². The third-order valence-electron chi connectivity index (χ3n) is 4.95. The van der Waals surface area contributed by atoms with Crippen molar-refractivity contribution in [3.05, 3.63) is 57.9 Å². The summed E-state index contributed by atoms with van der Waals surface area (Å²) in [6.07, 6.45) is 2.40. The number of aryl methyl sites for hydroxylation is 3. The van der Waals surface area contributed by atoms with Crippen LogP contribution in [0.3, 0.4) is 0 Å². The lowest BCUT2D eigenvalue weighted by Crippen LogP contribution is -2.42. The van der Waals surface area contributed by atoms with Gasteiger partial charge in [0.1, 0.15) is 11.5 Å². The van der Waals surface area contributed by atoms with Gasteiger partial charge in [0.25, 0.3) is 5.91 Å². The number of para-hydroxylation sites is 1. The SMILES string of the molecule is CCc1nc2n(n1)CC(NC(=O)c1cc(=O)c3ccccc3n1C)CC2. The van der Waals surface area contributed by atoms with Crippen molar-refractivity contribution in [2.75, 3.05) is 0 Å². The largest absolute Gasteiger partial charge is 0.346 e. The second kappa shape index (κ2) is 6.40. The zero-order chi connectivity index (χ0) is 18.3. The molecular formula is C19H21N5O2. The van der Waals surface area contributed by atoms with Crippen LogP contribution >= 0.6 is 0 Å². The molecule has 7 nitrogen and oxygen atoms in total. The molecule has 0 aliphatic carbocycles. The van der Waals surface area contributed by atoms with Crippen molar-refractivity contribution in [3.8, 4) is 0 Å². The first-order valence-corrected chi connectivity index (χ1v) is 8.89. The number of nitrogens with zero attached hydrogens (tertiary/aromatic N) is 4. The van der Waals surface area contributed by atoms with Gasteiger partial charge >= 0.3 is 0 Å². The summed E-state index contributed by atoms with van der Waals surface area (Å²) in [6.45, 7) is 2.64. The van der Waals surface area contributed by atoms with Gasteiger partial charge in [-0.2, -0.15) is 5.10 Å². The maximum absolute atomic E-state index is 12.8. The molecule has 0 saturated heterocycles. The summed E-state index contributed by atoms with van der Waals surface area (Å²) in [7, 11) is 1.81. The molecule has 3 aromatic rings. The van der Waals surface area contributed by atoms with E-state index in [0.717, 1.165) is 36.4 Å². The molecule has 1 atom stereocenters. The highest BCUT2D eigenvalue weighted by molar-refractivity contribution is 5.95. The average Bonchev–Trinajstić information content (AvgIpc) is 3.07. The van der Waals surface area contributed by atoms with Crippen molar-refractivity contribution in [2.24, 2.45) is 7.05 Å². The number of amides is 1. The van der Waals surface area contributed by atoms with Gasteiger partial charge in [-0.05, 0) is 18.6 Å². The fraction of sp³-hybridized carbons (Fsp3) is 0.368. The first kappa shape index (κ1) is 16.5. The highest BCUT2D eigenvalue weighted by Gasteiger charge is 2.24. The quantitative estimate of drug-likeness (QED) is 0.774. The summed E-state index contributed by atoms with van der Waals surface area (Å²) < 4.78 is 3.65. The summed E-state index contributed by atoms with van der Waals surface area (Å²) in [5.74, 6) is 1.58. The molecule has 7 heteroatoms. The van der Waals surface area contributed by atoms with Gasteiger partial charge in [0.2, 0.25) is 0 Å². The van der Waals surface area contributed by atoms with Gasteiger partial charge < -0.3 is 9.88 Å². The summed E-state index contributed by atoms with van der Waals surface area (Å²) in [4.78, 5) is 29.6. The van der Waals surface area contributed by atoms with Gasteiger partial charge in [0.15, 0.2) is 11.3 Å². The average molecular weight is 351 g/mol. The van der Waals surface area contributed by atoms with Crippen molar-refractivity contribution in [1.29, 1.82) is 0 Å². The van der Waals surface area contributed by atoms with Crippen LogP contribution in [0.15, 0.2) is 35.1 Å². The predicted octanol–water partition coefficient (Wildman–Crippen LogP) is 1.44. The van der Waals surface area contributed by atoms with E-state index in [9.17, 15) is 9.59 Å². The number of aromatic nitrogens is 4. The topological polar surface area (TPSA) is 81.8 Å². The predicted molar refractivity (Wildman–Crippen MR) is 98.2 cm³/mol. The molecule has 1 amide bonds. The molecule has 26 heavy (non-hydrogen) atoms. The number of fused-ring (bicyclic) bond motifs is 2. The molecule has 134 valence electrons. The number of hydrogen-bond donors (Lipinski definition) is 1. The third-order valence-corrected chi connectivity index (χ3v) is 4.95. The highest BCUT2D eigenvalue weighted by atomic mass is 16.2. The monoisotopic (exact) mass is 351 g/mol. The van der Waals surface area contributed by atoms with Crippen molar-refractivity contribution in [1.82, 2.24) is 24.6 Å². The van der Waals surface area contributed by atoms with E-state index in [1.54, 1.807) is 17.7 Å². The number of benzene rings is 1. The van der Waals surface area contributed by atoms with E-state index in [1.165, 1.54) is 6.07 Å². The van der Waals surface area contributed by atoms with E-state index in [4.69, 9.17) is 0 Å². The van der Waals surface area contributed by atoms with Crippen LogP contribution in [0.4, 0.5) is 0 Å². The van der Waals surface area contributed by atoms with E-state index in [1.807, 2.05) is 29.8 Å². The van der Waals surface area contributed by atoms with E-state index < -0.39 is 0 Å². The zero-order valence-corrected chi connectivity index (χ0v) is 14.9.